The van der Waals surface area contributed by atoms with Gasteiger partial charge in [-0.15, -0.1) is 0 Å². The van der Waals surface area contributed by atoms with Gasteiger partial charge in [0.1, 0.15) is 5.82 Å². The number of nitrogens with zero attached hydrogens (tertiary/aromatic N) is 2. The van der Waals surface area contributed by atoms with Crippen molar-refractivity contribution in [1.29, 1.82) is 0 Å². The van der Waals surface area contributed by atoms with Gasteiger partial charge in [0.25, 0.3) is 0 Å². The Bertz CT molecular complexity index is 1130. The van der Waals surface area contributed by atoms with E-state index in [2.05, 4.69) is 15.3 Å². The Kier molecular flexibility index (Phi) is 4.36. The van der Waals surface area contributed by atoms with E-state index in [0.717, 1.165) is 5.56 Å². The minimum absolute atomic E-state index is 0.0303. The number of halogens is 1. The average Bonchev–Trinajstić information content (AvgIpc) is 3.22. The number of anilines is 1. The summed E-state index contributed by atoms with van der Waals surface area (Å²) in [5.74, 6) is -1.89. The molecule has 3 heterocycles. The predicted molar refractivity (Wildman–Crippen MR) is 101 cm³/mol. The number of allylic oxidation sites excluding steroid dienone is 1. The van der Waals surface area contributed by atoms with E-state index in [-0.39, 0.29) is 18.2 Å². The van der Waals surface area contributed by atoms with Crippen LogP contribution in [0.5, 0.6) is 5.75 Å². The van der Waals surface area contributed by atoms with E-state index in [1.165, 1.54) is 18.2 Å². The number of hydrogen-bond acceptors (Lipinski definition) is 6. The number of nitrogens with one attached hydrogen (secondary N) is 1. The first-order chi connectivity index (χ1) is 13.5. The predicted octanol–water partition coefficient (Wildman–Crippen LogP) is 4.09. The molecule has 0 fully saturated rings. The minimum Gasteiger partial charge on any atom is -0.504 e. The molecule has 0 saturated heterocycles. The van der Waals surface area contributed by atoms with Gasteiger partial charge in [0, 0.05) is 30.1 Å². The maximum Gasteiger partial charge on any atom is 0.345 e. The average molecular weight is 379 g/mol. The van der Waals surface area contributed by atoms with Crippen LogP contribution >= 0.6 is 0 Å². The van der Waals surface area contributed by atoms with Gasteiger partial charge in [-0.05, 0) is 35.9 Å². The van der Waals surface area contributed by atoms with E-state index >= 15 is 0 Å². The first-order valence-electron chi connectivity index (χ1n) is 8.31. The van der Waals surface area contributed by atoms with E-state index in [9.17, 15) is 19.4 Å². The maximum absolute atomic E-state index is 13.3. The first-order valence-corrected chi connectivity index (χ1v) is 8.31. The van der Waals surface area contributed by atoms with E-state index in [1.54, 1.807) is 30.6 Å². The topological polar surface area (TPSA) is 108 Å². The third-order valence-corrected chi connectivity index (χ3v) is 4.18. The lowest BCUT2D eigenvalue weighted by atomic mass is 10.1. The van der Waals surface area contributed by atoms with Gasteiger partial charge in [-0.25, -0.2) is 19.2 Å². The van der Waals surface area contributed by atoms with Crippen LogP contribution in [0.4, 0.5) is 16.1 Å². The normalized spacial score (nSPS) is 13.7. The van der Waals surface area contributed by atoms with E-state index in [0.29, 0.717) is 17.0 Å². The molecule has 3 N–H and O–H groups in total. The van der Waals surface area contributed by atoms with Crippen molar-refractivity contribution in [3.05, 3.63) is 70.9 Å². The number of carboxylic acids is 1. The zero-order chi connectivity index (χ0) is 19.7. The van der Waals surface area contributed by atoms with E-state index < -0.39 is 23.1 Å². The van der Waals surface area contributed by atoms with Crippen molar-refractivity contribution in [2.75, 3.05) is 5.32 Å². The fourth-order valence-corrected chi connectivity index (χ4v) is 2.87. The van der Waals surface area contributed by atoms with Gasteiger partial charge in [0.15, 0.2) is 22.9 Å². The summed E-state index contributed by atoms with van der Waals surface area (Å²) in [7, 11) is 0. The molecule has 140 valence electrons. The van der Waals surface area contributed by atoms with Gasteiger partial charge >= 0.3 is 5.97 Å². The summed E-state index contributed by atoms with van der Waals surface area (Å²) in [5.41, 5.74) is 1.56. The molecular weight excluding hydrogens is 365 g/mol. The number of aromatic carboxylic acids is 1. The fourth-order valence-electron chi connectivity index (χ4n) is 2.87. The number of aliphatic imine (C=N–C) groups is 1. The Morgan fingerprint density at radius 3 is 2.93 bits per heavy atom. The number of aromatic nitrogens is 1. The molecule has 0 atom stereocenters. The third kappa shape index (κ3) is 3.23. The molecule has 0 saturated carbocycles. The number of benzene rings is 1. The van der Waals surface area contributed by atoms with Crippen LogP contribution in [0.3, 0.4) is 0 Å². The van der Waals surface area contributed by atoms with Gasteiger partial charge in [0.05, 0.1) is 0 Å². The first kappa shape index (κ1) is 17.5. The van der Waals surface area contributed by atoms with Crippen LogP contribution in [0.25, 0.3) is 11.6 Å². The van der Waals surface area contributed by atoms with Crippen LogP contribution in [-0.4, -0.2) is 27.4 Å². The molecule has 28 heavy (non-hydrogen) atoms. The Morgan fingerprint density at radius 2 is 2.14 bits per heavy atom. The number of carbonyl (C=O) groups is 1. The summed E-state index contributed by atoms with van der Waals surface area (Å²) in [6.07, 6.45) is 4.66. The molecule has 1 aliphatic rings. The molecule has 0 radical (unpaired) electrons. The molecule has 4 rings (SSSR count). The summed E-state index contributed by atoms with van der Waals surface area (Å²) >= 11 is 0. The smallest absolute Gasteiger partial charge is 0.345 e. The highest BCUT2D eigenvalue weighted by molar-refractivity contribution is 6.21. The molecule has 1 aliphatic heterocycles. The van der Waals surface area contributed by atoms with Crippen molar-refractivity contribution in [2.24, 2.45) is 4.99 Å². The molecule has 2 aromatic heterocycles. The Morgan fingerprint density at radius 1 is 1.29 bits per heavy atom. The molecule has 3 aromatic rings. The van der Waals surface area contributed by atoms with Crippen LogP contribution in [-0.2, 0) is 6.54 Å². The molecule has 1 aromatic carbocycles. The fraction of sp³-hybridized carbons (Fsp3) is 0.0500. The zero-order valence-electron chi connectivity index (χ0n) is 14.4. The third-order valence-electron chi connectivity index (χ3n) is 4.18. The Balaban J connectivity index is 1.67. The maximum atomic E-state index is 13.3. The lowest BCUT2D eigenvalue weighted by molar-refractivity contribution is 0.0694. The number of furan rings is 1. The molecule has 0 spiro atoms. The van der Waals surface area contributed by atoms with Gasteiger partial charge in [-0.1, -0.05) is 12.1 Å². The lowest BCUT2D eigenvalue weighted by Crippen LogP contribution is -2.04. The van der Waals surface area contributed by atoms with Crippen LogP contribution in [0.15, 0.2) is 52.0 Å². The van der Waals surface area contributed by atoms with Gasteiger partial charge in [-0.2, -0.15) is 0 Å². The Labute approximate surface area is 158 Å². The summed E-state index contributed by atoms with van der Waals surface area (Å²) in [6.45, 7) is 0.120. The monoisotopic (exact) mass is 379 g/mol. The standard InChI is InChI=1S/C20H14FN3O4/c21-13-4-1-3-11(7-13)9-24-19-16(20(26)27)17(25)15(28-19)8-12-10-23-18-14(12)5-2-6-22-18/h1-8,10,24-25H,9H2,(H,26,27). The molecular formula is C20H14FN3O4. The van der Waals surface area contributed by atoms with Crippen LogP contribution < -0.4 is 5.32 Å². The van der Waals surface area contributed by atoms with Crippen LogP contribution in [0.1, 0.15) is 27.2 Å². The number of hydrogen-bond donors (Lipinski definition) is 3. The number of carboxylic acid groups (broad SMARTS) is 1. The van der Waals surface area contributed by atoms with Crippen molar-refractivity contribution in [3.8, 4) is 5.75 Å². The highest BCUT2D eigenvalue weighted by atomic mass is 19.1. The van der Waals surface area contributed by atoms with Gasteiger partial charge in [0.2, 0.25) is 5.88 Å². The minimum atomic E-state index is -1.35. The highest BCUT2D eigenvalue weighted by Crippen LogP contribution is 2.38. The van der Waals surface area contributed by atoms with Crippen molar-refractivity contribution in [1.82, 2.24) is 4.98 Å². The van der Waals surface area contributed by atoms with Crippen molar-refractivity contribution in [2.45, 2.75) is 6.54 Å². The molecule has 8 heteroatoms. The largest absolute Gasteiger partial charge is 0.504 e. The zero-order valence-corrected chi connectivity index (χ0v) is 14.4. The summed E-state index contributed by atoms with van der Waals surface area (Å²) < 4.78 is 18.8. The number of fused-ring (bicyclic) bond motifs is 1. The summed E-state index contributed by atoms with van der Waals surface area (Å²) in [6, 6.07) is 9.41. The number of pyridine rings is 1. The van der Waals surface area contributed by atoms with Crippen molar-refractivity contribution in [3.63, 3.8) is 0 Å². The molecule has 0 amide bonds. The molecule has 7 nitrogen and oxygen atoms in total. The SMILES string of the molecule is O=C(O)c1c(NCc2cccc(F)c2)oc(C=C2C=Nc3ncccc32)c1O. The van der Waals surface area contributed by atoms with Gasteiger partial charge in [-0.3, -0.25) is 0 Å². The lowest BCUT2D eigenvalue weighted by Gasteiger charge is -2.04. The van der Waals surface area contributed by atoms with Crippen molar-refractivity contribution >= 4 is 35.5 Å². The van der Waals surface area contributed by atoms with Crippen molar-refractivity contribution < 1.29 is 23.8 Å². The summed E-state index contributed by atoms with van der Waals surface area (Å²) in [5, 5.41) is 22.6. The van der Waals surface area contributed by atoms with Crippen LogP contribution in [0, 0.1) is 5.82 Å². The summed E-state index contributed by atoms with van der Waals surface area (Å²) in [4.78, 5) is 19.9. The molecule has 0 bridgehead atoms. The van der Waals surface area contributed by atoms with Gasteiger partial charge < -0.3 is 19.9 Å². The second-order valence-electron chi connectivity index (χ2n) is 6.04. The van der Waals surface area contributed by atoms with Crippen LogP contribution in [0.2, 0.25) is 0 Å². The second-order valence-corrected chi connectivity index (χ2v) is 6.04. The number of aromatic hydroxyl groups is 1. The quantitative estimate of drug-likeness (QED) is 0.616. The molecule has 0 aliphatic carbocycles. The molecule has 0 unspecified atom stereocenters. The van der Waals surface area contributed by atoms with E-state index in [4.69, 9.17) is 4.42 Å². The second kappa shape index (κ2) is 6.99. The number of rotatable bonds is 5. The van der Waals surface area contributed by atoms with E-state index in [1.807, 2.05) is 6.07 Å². The Hall–Kier alpha value is -3.94. The highest BCUT2D eigenvalue weighted by Gasteiger charge is 2.25.